The molecule has 2 aliphatic heterocycles. The van der Waals surface area contributed by atoms with E-state index in [0.717, 1.165) is 45.0 Å². The van der Waals surface area contributed by atoms with Gasteiger partial charge >= 0.3 is 0 Å². The summed E-state index contributed by atoms with van der Waals surface area (Å²) in [6, 6.07) is 8.03. The zero-order valence-electron chi connectivity index (χ0n) is 16.9. The van der Waals surface area contributed by atoms with Gasteiger partial charge in [-0.15, -0.1) is 0 Å². The predicted molar refractivity (Wildman–Crippen MR) is 109 cm³/mol. The first-order valence-corrected chi connectivity index (χ1v) is 10.3. The van der Waals surface area contributed by atoms with Gasteiger partial charge in [-0.1, -0.05) is 19.1 Å². The van der Waals surface area contributed by atoms with Crippen molar-refractivity contribution in [3.05, 3.63) is 29.8 Å². The second-order valence-electron chi connectivity index (χ2n) is 7.45. The Balaban J connectivity index is 1.38. The number of nitrogens with zero attached hydrogens (tertiary/aromatic N) is 3. The summed E-state index contributed by atoms with van der Waals surface area (Å²) < 4.78 is 5.24. The third-order valence-corrected chi connectivity index (χ3v) is 5.49. The van der Waals surface area contributed by atoms with E-state index >= 15 is 0 Å². The highest BCUT2D eigenvalue weighted by Gasteiger charge is 2.18. The Morgan fingerprint density at radius 3 is 2.21 bits per heavy atom. The standard InChI is InChI=1S/C21H32N4O3/c1-2-23-9-11-24(12-10-23)17-18-3-5-19(6-4-18)22-20(26)7-8-21(27)25-13-15-28-16-14-25/h3-6H,2,7-17H2,1H3,(H,22,26). The van der Waals surface area contributed by atoms with Gasteiger partial charge in [-0.2, -0.15) is 0 Å². The molecule has 0 saturated carbocycles. The van der Waals surface area contributed by atoms with Gasteiger partial charge < -0.3 is 19.9 Å². The van der Waals surface area contributed by atoms with Gasteiger partial charge in [0.2, 0.25) is 11.8 Å². The molecule has 0 unspecified atom stereocenters. The quantitative estimate of drug-likeness (QED) is 0.765. The van der Waals surface area contributed by atoms with E-state index < -0.39 is 0 Å². The van der Waals surface area contributed by atoms with Gasteiger partial charge in [-0.05, 0) is 24.2 Å². The minimum absolute atomic E-state index is 0.0250. The van der Waals surface area contributed by atoms with E-state index in [0.29, 0.717) is 26.3 Å². The van der Waals surface area contributed by atoms with Crippen LogP contribution in [-0.4, -0.2) is 85.5 Å². The van der Waals surface area contributed by atoms with Gasteiger partial charge in [0.25, 0.3) is 0 Å². The van der Waals surface area contributed by atoms with Crippen LogP contribution >= 0.6 is 0 Å². The molecule has 0 radical (unpaired) electrons. The number of ether oxygens (including phenoxy) is 1. The monoisotopic (exact) mass is 388 g/mol. The van der Waals surface area contributed by atoms with Crippen molar-refractivity contribution in [3.8, 4) is 0 Å². The van der Waals surface area contributed by atoms with Gasteiger partial charge in [0.15, 0.2) is 0 Å². The Hall–Kier alpha value is -1.96. The number of carbonyl (C=O) groups excluding carboxylic acids is 2. The van der Waals surface area contributed by atoms with Crippen LogP contribution in [0.15, 0.2) is 24.3 Å². The lowest BCUT2D eigenvalue weighted by Crippen LogP contribution is -2.45. The van der Waals surface area contributed by atoms with Crippen LogP contribution < -0.4 is 5.32 Å². The highest BCUT2D eigenvalue weighted by atomic mass is 16.5. The van der Waals surface area contributed by atoms with Crippen molar-refractivity contribution in [2.24, 2.45) is 0 Å². The molecule has 0 aromatic heterocycles. The van der Waals surface area contributed by atoms with Crippen LogP contribution in [0.5, 0.6) is 0 Å². The number of benzene rings is 1. The fourth-order valence-corrected chi connectivity index (χ4v) is 3.63. The second-order valence-corrected chi connectivity index (χ2v) is 7.45. The Kier molecular flexibility index (Phi) is 7.82. The molecule has 0 aliphatic carbocycles. The lowest BCUT2D eigenvalue weighted by Gasteiger charge is -2.34. The molecule has 2 heterocycles. The largest absolute Gasteiger partial charge is 0.378 e. The van der Waals surface area contributed by atoms with Crippen molar-refractivity contribution in [1.82, 2.24) is 14.7 Å². The highest BCUT2D eigenvalue weighted by molar-refractivity contribution is 5.93. The SMILES string of the molecule is CCN1CCN(Cc2ccc(NC(=O)CCC(=O)N3CCOCC3)cc2)CC1. The Morgan fingerprint density at radius 2 is 1.57 bits per heavy atom. The van der Waals surface area contributed by atoms with E-state index in [-0.39, 0.29) is 24.7 Å². The summed E-state index contributed by atoms with van der Waals surface area (Å²) in [5.74, 6) is -0.0954. The van der Waals surface area contributed by atoms with E-state index in [1.54, 1.807) is 4.90 Å². The average Bonchev–Trinajstić information content (AvgIpc) is 2.74. The molecule has 28 heavy (non-hydrogen) atoms. The molecular formula is C21H32N4O3. The zero-order valence-corrected chi connectivity index (χ0v) is 16.9. The van der Waals surface area contributed by atoms with Crippen LogP contribution in [0.4, 0.5) is 5.69 Å². The zero-order chi connectivity index (χ0) is 19.8. The number of nitrogens with one attached hydrogen (secondary N) is 1. The third kappa shape index (κ3) is 6.29. The summed E-state index contributed by atoms with van der Waals surface area (Å²) in [6.45, 7) is 11.2. The molecule has 0 atom stereocenters. The van der Waals surface area contributed by atoms with E-state index in [1.807, 2.05) is 12.1 Å². The van der Waals surface area contributed by atoms with E-state index in [2.05, 4.69) is 34.2 Å². The fourth-order valence-electron chi connectivity index (χ4n) is 3.63. The van der Waals surface area contributed by atoms with Crippen molar-refractivity contribution in [2.75, 3.05) is 64.3 Å². The number of hydrogen-bond acceptors (Lipinski definition) is 5. The first kappa shape index (κ1) is 20.8. The molecule has 2 amide bonds. The number of likely N-dealkylation sites (N-methyl/N-ethyl adjacent to an activating group) is 1. The van der Waals surface area contributed by atoms with E-state index in [1.165, 1.54) is 5.56 Å². The molecule has 2 saturated heterocycles. The average molecular weight is 389 g/mol. The minimum atomic E-state index is -0.120. The summed E-state index contributed by atoms with van der Waals surface area (Å²) in [6.07, 6.45) is 0.452. The molecule has 2 fully saturated rings. The topological polar surface area (TPSA) is 65.1 Å². The minimum Gasteiger partial charge on any atom is -0.378 e. The number of amides is 2. The second kappa shape index (κ2) is 10.5. The number of rotatable bonds is 7. The first-order chi connectivity index (χ1) is 13.6. The van der Waals surface area contributed by atoms with Crippen molar-refractivity contribution in [3.63, 3.8) is 0 Å². The number of morpholine rings is 1. The molecular weight excluding hydrogens is 356 g/mol. The molecule has 0 spiro atoms. The summed E-state index contributed by atoms with van der Waals surface area (Å²) in [4.78, 5) is 31.0. The van der Waals surface area contributed by atoms with E-state index in [4.69, 9.17) is 4.74 Å². The molecule has 7 nitrogen and oxygen atoms in total. The summed E-state index contributed by atoms with van der Waals surface area (Å²) >= 11 is 0. The third-order valence-electron chi connectivity index (χ3n) is 5.49. The van der Waals surface area contributed by atoms with Crippen molar-refractivity contribution in [1.29, 1.82) is 0 Å². The van der Waals surface area contributed by atoms with E-state index in [9.17, 15) is 9.59 Å². The molecule has 1 N–H and O–H groups in total. The van der Waals surface area contributed by atoms with Gasteiger partial charge in [-0.25, -0.2) is 0 Å². The van der Waals surface area contributed by atoms with Crippen LogP contribution in [0.2, 0.25) is 0 Å². The maximum atomic E-state index is 12.1. The molecule has 1 aromatic rings. The highest BCUT2D eigenvalue weighted by Crippen LogP contribution is 2.14. The summed E-state index contributed by atoms with van der Waals surface area (Å²) in [5, 5.41) is 2.89. The normalized spacial score (nSPS) is 18.8. The first-order valence-electron chi connectivity index (χ1n) is 10.3. The van der Waals surface area contributed by atoms with Crippen LogP contribution in [0.3, 0.4) is 0 Å². The number of carbonyl (C=O) groups is 2. The molecule has 7 heteroatoms. The molecule has 154 valence electrons. The van der Waals surface area contributed by atoms with Crippen LogP contribution in [0.25, 0.3) is 0 Å². The number of hydrogen-bond donors (Lipinski definition) is 1. The molecule has 3 rings (SSSR count). The summed E-state index contributed by atoms with van der Waals surface area (Å²) in [5.41, 5.74) is 2.04. The maximum Gasteiger partial charge on any atom is 0.224 e. The van der Waals surface area contributed by atoms with Crippen LogP contribution in [0.1, 0.15) is 25.3 Å². The molecule has 1 aromatic carbocycles. The smallest absolute Gasteiger partial charge is 0.224 e. The maximum absolute atomic E-state index is 12.1. The van der Waals surface area contributed by atoms with Crippen molar-refractivity contribution < 1.29 is 14.3 Å². The van der Waals surface area contributed by atoms with Gasteiger partial charge in [-0.3, -0.25) is 14.5 Å². The lowest BCUT2D eigenvalue weighted by molar-refractivity contribution is -0.136. The molecule has 2 aliphatic rings. The molecule has 0 bridgehead atoms. The van der Waals surface area contributed by atoms with Gasteiger partial charge in [0, 0.05) is 64.3 Å². The predicted octanol–water partition coefficient (Wildman–Crippen LogP) is 1.40. The Morgan fingerprint density at radius 1 is 0.929 bits per heavy atom. The fraction of sp³-hybridized carbons (Fsp3) is 0.619. The van der Waals surface area contributed by atoms with Gasteiger partial charge in [0.05, 0.1) is 13.2 Å². The Bertz CT molecular complexity index is 636. The number of anilines is 1. The van der Waals surface area contributed by atoms with Crippen molar-refractivity contribution >= 4 is 17.5 Å². The Labute approximate surface area is 167 Å². The van der Waals surface area contributed by atoms with Gasteiger partial charge in [0.1, 0.15) is 0 Å². The summed E-state index contributed by atoms with van der Waals surface area (Å²) in [7, 11) is 0. The lowest BCUT2D eigenvalue weighted by atomic mass is 10.1. The number of piperazine rings is 1. The van der Waals surface area contributed by atoms with Crippen LogP contribution in [0, 0.1) is 0 Å². The van der Waals surface area contributed by atoms with Crippen LogP contribution in [-0.2, 0) is 20.9 Å². The van der Waals surface area contributed by atoms with Crippen molar-refractivity contribution in [2.45, 2.75) is 26.3 Å².